The average molecular weight is 479 g/mol. The van der Waals surface area contributed by atoms with Crippen molar-refractivity contribution in [1.29, 1.82) is 0 Å². The summed E-state index contributed by atoms with van der Waals surface area (Å²) in [6, 6.07) is 15.3. The standard InChI is InChI=1S/C28H34N2O5/c1-4-24(25(31)32)30(3)26(33)28(15-9-10-18(2)16-28)29-27(34)35-17-23-21-13-7-5-11-19(21)20-12-6-8-14-22(20)23/h5-8,11-14,18,23-24H,4,9-10,15-17H2,1-3H3,(H,29,34)(H,31,32). The van der Waals surface area contributed by atoms with Crippen LogP contribution in [-0.2, 0) is 14.3 Å². The fraction of sp³-hybridized carbons (Fsp3) is 0.464. The van der Waals surface area contributed by atoms with Crippen LogP contribution >= 0.6 is 0 Å². The predicted molar refractivity (Wildman–Crippen MR) is 133 cm³/mol. The van der Waals surface area contributed by atoms with Gasteiger partial charge in [0.15, 0.2) is 0 Å². The third-order valence-corrected chi connectivity index (χ3v) is 7.55. The van der Waals surface area contributed by atoms with Crippen molar-refractivity contribution in [1.82, 2.24) is 10.2 Å². The maximum Gasteiger partial charge on any atom is 0.408 e. The first kappa shape index (κ1) is 24.8. The molecule has 2 aliphatic rings. The Morgan fingerprint density at radius 1 is 1.11 bits per heavy atom. The van der Waals surface area contributed by atoms with Crippen molar-refractivity contribution < 1.29 is 24.2 Å². The number of carbonyl (C=O) groups excluding carboxylic acids is 2. The Balaban J connectivity index is 1.52. The summed E-state index contributed by atoms with van der Waals surface area (Å²) >= 11 is 0. The number of aliphatic carboxylic acids is 1. The summed E-state index contributed by atoms with van der Waals surface area (Å²) in [5.41, 5.74) is 3.35. The Hall–Kier alpha value is -3.35. The van der Waals surface area contributed by atoms with E-state index in [1.165, 1.54) is 11.9 Å². The number of carboxylic acids is 1. The minimum atomic E-state index is -1.17. The summed E-state index contributed by atoms with van der Waals surface area (Å²) in [7, 11) is 1.51. The second kappa shape index (κ2) is 10.1. The van der Waals surface area contributed by atoms with Crippen LogP contribution in [-0.4, -0.2) is 53.2 Å². The highest BCUT2D eigenvalue weighted by Crippen LogP contribution is 2.44. The minimum Gasteiger partial charge on any atom is -0.480 e. The second-order valence-electron chi connectivity index (χ2n) is 9.91. The number of alkyl carbamates (subject to hydrolysis) is 1. The van der Waals surface area contributed by atoms with Gasteiger partial charge < -0.3 is 20.1 Å². The average Bonchev–Trinajstić information content (AvgIpc) is 3.16. The zero-order valence-corrected chi connectivity index (χ0v) is 20.6. The number of benzene rings is 2. The Morgan fingerprint density at radius 3 is 2.26 bits per heavy atom. The van der Waals surface area contributed by atoms with Gasteiger partial charge in [-0.3, -0.25) is 4.79 Å². The Kier molecular flexibility index (Phi) is 7.15. The number of hydrogen-bond acceptors (Lipinski definition) is 4. The number of ether oxygens (including phenoxy) is 1. The minimum absolute atomic E-state index is 0.0794. The second-order valence-corrected chi connectivity index (χ2v) is 9.91. The van der Waals surface area contributed by atoms with E-state index in [1.807, 2.05) is 24.3 Å². The maximum absolute atomic E-state index is 13.6. The molecule has 3 unspecified atom stereocenters. The van der Waals surface area contributed by atoms with Crippen molar-refractivity contribution in [2.75, 3.05) is 13.7 Å². The lowest BCUT2D eigenvalue weighted by Crippen LogP contribution is -2.63. The van der Waals surface area contributed by atoms with Gasteiger partial charge in [0.1, 0.15) is 18.2 Å². The monoisotopic (exact) mass is 478 g/mol. The van der Waals surface area contributed by atoms with Crippen LogP contribution in [0.25, 0.3) is 11.1 Å². The summed E-state index contributed by atoms with van der Waals surface area (Å²) in [6.45, 7) is 3.94. The molecule has 2 aliphatic carbocycles. The van der Waals surface area contributed by atoms with E-state index in [2.05, 4.69) is 36.5 Å². The van der Waals surface area contributed by atoms with Crippen LogP contribution in [0.2, 0.25) is 0 Å². The van der Waals surface area contributed by atoms with E-state index in [-0.39, 0.29) is 30.8 Å². The summed E-state index contributed by atoms with van der Waals surface area (Å²) in [4.78, 5) is 39.6. The van der Waals surface area contributed by atoms with Gasteiger partial charge in [-0.1, -0.05) is 75.2 Å². The van der Waals surface area contributed by atoms with Gasteiger partial charge in [-0.25, -0.2) is 9.59 Å². The molecule has 0 radical (unpaired) electrons. The van der Waals surface area contributed by atoms with Crippen LogP contribution in [0.15, 0.2) is 48.5 Å². The van der Waals surface area contributed by atoms with Crippen LogP contribution in [0.3, 0.4) is 0 Å². The van der Waals surface area contributed by atoms with Crippen molar-refractivity contribution in [3.8, 4) is 11.1 Å². The van der Waals surface area contributed by atoms with Gasteiger partial charge in [0.25, 0.3) is 0 Å². The van der Waals surface area contributed by atoms with E-state index in [4.69, 9.17) is 4.74 Å². The van der Waals surface area contributed by atoms with E-state index in [0.29, 0.717) is 12.8 Å². The van der Waals surface area contributed by atoms with Crippen LogP contribution in [0.4, 0.5) is 4.79 Å². The molecule has 4 rings (SSSR count). The van der Waals surface area contributed by atoms with Gasteiger partial charge in [0, 0.05) is 13.0 Å². The van der Waals surface area contributed by atoms with Crippen molar-refractivity contribution in [3.63, 3.8) is 0 Å². The highest BCUT2D eigenvalue weighted by atomic mass is 16.5. The zero-order valence-electron chi connectivity index (χ0n) is 20.6. The fourth-order valence-electron chi connectivity index (χ4n) is 5.84. The molecule has 0 spiro atoms. The van der Waals surface area contributed by atoms with Gasteiger partial charge in [-0.05, 0) is 47.4 Å². The number of hydrogen-bond donors (Lipinski definition) is 2. The molecule has 2 N–H and O–H groups in total. The molecule has 2 aromatic carbocycles. The third kappa shape index (κ3) is 4.77. The third-order valence-electron chi connectivity index (χ3n) is 7.55. The number of nitrogens with one attached hydrogen (secondary N) is 1. The first-order valence-corrected chi connectivity index (χ1v) is 12.4. The van der Waals surface area contributed by atoms with E-state index >= 15 is 0 Å². The Morgan fingerprint density at radius 2 is 1.71 bits per heavy atom. The van der Waals surface area contributed by atoms with Gasteiger partial charge in [0.05, 0.1) is 0 Å². The van der Waals surface area contributed by atoms with Crippen LogP contribution in [0, 0.1) is 5.92 Å². The molecule has 35 heavy (non-hydrogen) atoms. The van der Waals surface area contributed by atoms with Crippen LogP contribution in [0.5, 0.6) is 0 Å². The maximum atomic E-state index is 13.6. The lowest BCUT2D eigenvalue weighted by Gasteiger charge is -2.42. The summed E-state index contributed by atoms with van der Waals surface area (Å²) in [5, 5.41) is 12.5. The molecule has 2 amide bonds. The summed E-state index contributed by atoms with van der Waals surface area (Å²) in [5.74, 6) is -1.28. The normalized spacial score (nSPS) is 22.0. The van der Waals surface area contributed by atoms with Crippen molar-refractivity contribution in [2.24, 2.45) is 5.92 Å². The molecular formula is C28H34N2O5. The molecule has 0 aliphatic heterocycles. The number of nitrogens with zero attached hydrogens (tertiary/aromatic N) is 1. The number of carbonyl (C=O) groups is 3. The molecule has 0 bridgehead atoms. The highest BCUT2D eigenvalue weighted by molar-refractivity contribution is 5.92. The van der Waals surface area contributed by atoms with Crippen molar-refractivity contribution >= 4 is 18.0 Å². The lowest BCUT2D eigenvalue weighted by atomic mass is 9.75. The molecule has 0 saturated heterocycles. The zero-order chi connectivity index (χ0) is 25.2. The van der Waals surface area contributed by atoms with Gasteiger partial charge >= 0.3 is 12.1 Å². The van der Waals surface area contributed by atoms with Gasteiger partial charge in [0.2, 0.25) is 5.91 Å². The predicted octanol–water partition coefficient (Wildman–Crippen LogP) is 4.80. The number of carboxylic acid groups (broad SMARTS) is 1. The van der Waals surface area contributed by atoms with Gasteiger partial charge in [-0.2, -0.15) is 0 Å². The molecule has 1 saturated carbocycles. The van der Waals surface area contributed by atoms with Crippen LogP contribution < -0.4 is 5.32 Å². The van der Waals surface area contributed by atoms with Crippen LogP contribution in [0.1, 0.15) is 63.0 Å². The fourth-order valence-corrected chi connectivity index (χ4v) is 5.84. The molecule has 7 nitrogen and oxygen atoms in total. The van der Waals surface area contributed by atoms with Gasteiger partial charge in [-0.15, -0.1) is 0 Å². The highest BCUT2D eigenvalue weighted by Gasteiger charge is 2.47. The molecule has 3 atom stereocenters. The van der Waals surface area contributed by atoms with E-state index < -0.39 is 23.6 Å². The number of rotatable bonds is 7. The molecule has 7 heteroatoms. The number of fused-ring (bicyclic) bond motifs is 3. The van der Waals surface area contributed by atoms with Crippen molar-refractivity contribution in [3.05, 3.63) is 59.7 Å². The lowest BCUT2D eigenvalue weighted by molar-refractivity contribution is -0.153. The molecule has 186 valence electrons. The number of amides is 2. The molecule has 2 aromatic rings. The first-order valence-electron chi connectivity index (χ1n) is 12.4. The largest absolute Gasteiger partial charge is 0.480 e. The quantitative estimate of drug-likeness (QED) is 0.596. The molecule has 1 fully saturated rings. The molecular weight excluding hydrogens is 444 g/mol. The van der Waals surface area contributed by atoms with E-state index in [1.54, 1.807) is 6.92 Å². The van der Waals surface area contributed by atoms with E-state index in [9.17, 15) is 19.5 Å². The molecule has 0 heterocycles. The first-order chi connectivity index (χ1) is 16.8. The number of likely N-dealkylation sites (N-methyl/N-ethyl adjacent to an activating group) is 1. The summed E-state index contributed by atoms with van der Waals surface area (Å²) in [6.07, 6.45) is 2.28. The van der Waals surface area contributed by atoms with Crippen molar-refractivity contribution in [2.45, 2.75) is 63.5 Å². The Labute approximate surface area is 206 Å². The topological polar surface area (TPSA) is 95.9 Å². The van der Waals surface area contributed by atoms with E-state index in [0.717, 1.165) is 35.1 Å². The molecule has 0 aromatic heterocycles. The SMILES string of the molecule is CCC(C(=O)O)N(C)C(=O)C1(NC(=O)OCC2c3ccccc3-c3ccccc32)CCCC(C)C1. The summed E-state index contributed by atoms with van der Waals surface area (Å²) < 4.78 is 5.73. The Bertz CT molecular complexity index is 1070. The smallest absolute Gasteiger partial charge is 0.408 e.